The number of nitrogens with one attached hydrogen (secondary N) is 2. The SMILES string of the molecule is C[C@@H](CC(=O)Nc1ccc(NC(=O)C(C)(C)C)cc1)c1ccccc1. The van der Waals surface area contributed by atoms with Gasteiger partial charge in [-0.25, -0.2) is 0 Å². The summed E-state index contributed by atoms with van der Waals surface area (Å²) in [5.74, 6) is 0.0929. The molecule has 0 spiro atoms. The van der Waals surface area contributed by atoms with Crippen LogP contribution < -0.4 is 10.6 Å². The van der Waals surface area contributed by atoms with Crippen molar-refractivity contribution in [1.82, 2.24) is 0 Å². The molecular weight excluding hydrogens is 312 g/mol. The van der Waals surface area contributed by atoms with Crippen molar-refractivity contribution in [2.24, 2.45) is 5.41 Å². The van der Waals surface area contributed by atoms with Gasteiger partial charge in [0.25, 0.3) is 0 Å². The molecule has 1 atom stereocenters. The third kappa shape index (κ3) is 5.75. The van der Waals surface area contributed by atoms with Gasteiger partial charge in [0.2, 0.25) is 11.8 Å². The summed E-state index contributed by atoms with van der Waals surface area (Å²) < 4.78 is 0. The van der Waals surface area contributed by atoms with Gasteiger partial charge in [0.1, 0.15) is 0 Å². The van der Waals surface area contributed by atoms with Crippen LogP contribution in [0.5, 0.6) is 0 Å². The molecule has 0 saturated carbocycles. The van der Waals surface area contributed by atoms with Crippen molar-refractivity contribution in [3.05, 3.63) is 60.2 Å². The first-order chi connectivity index (χ1) is 11.8. The summed E-state index contributed by atoms with van der Waals surface area (Å²) in [5.41, 5.74) is 2.15. The maximum atomic E-state index is 12.2. The van der Waals surface area contributed by atoms with E-state index in [2.05, 4.69) is 10.6 Å². The van der Waals surface area contributed by atoms with Gasteiger partial charge in [-0.05, 0) is 35.7 Å². The third-order valence-electron chi connectivity index (χ3n) is 3.97. The minimum atomic E-state index is -0.444. The van der Waals surface area contributed by atoms with Crippen LogP contribution in [0.1, 0.15) is 45.6 Å². The van der Waals surface area contributed by atoms with E-state index in [9.17, 15) is 9.59 Å². The van der Waals surface area contributed by atoms with E-state index in [1.807, 2.05) is 58.0 Å². The molecule has 0 heterocycles. The van der Waals surface area contributed by atoms with Crippen molar-refractivity contribution in [3.63, 3.8) is 0 Å². The fraction of sp³-hybridized carbons (Fsp3) is 0.333. The maximum Gasteiger partial charge on any atom is 0.229 e. The van der Waals surface area contributed by atoms with Gasteiger partial charge in [0.15, 0.2) is 0 Å². The Kier molecular flexibility index (Phi) is 5.97. The average molecular weight is 338 g/mol. The standard InChI is InChI=1S/C21H26N2O2/c1-15(16-8-6-5-7-9-16)14-19(24)22-17-10-12-18(13-11-17)23-20(25)21(2,3)4/h5-13,15H,14H2,1-4H3,(H,22,24)(H,23,25)/t15-/m0/s1. The predicted octanol–water partition coefficient (Wildman–Crippen LogP) is 4.80. The highest BCUT2D eigenvalue weighted by Gasteiger charge is 2.21. The summed E-state index contributed by atoms with van der Waals surface area (Å²) in [5, 5.41) is 5.77. The molecule has 0 saturated heterocycles. The molecule has 0 radical (unpaired) electrons. The normalized spacial score (nSPS) is 12.3. The van der Waals surface area contributed by atoms with Crippen LogP contribution in [0.2, 0.25) is 0 Å². The van der Waals surface area contributed by atoms with E-state index >= 15 is 0 Å². The van der Waals surface area contributed by atoms with Crippen molar-refractivity contribution < 1.29 is 9.59 Å². The third-order valence-corrected chi connectivity index (χ3v) is 3.97. The minimum Gasteiger partial charge on any atom is -0.326 e. The van der Waals surface area contributed by atoms with Gasteiger partial charge in [-0.1, -0.05) is 58.0 Å². The highest BCUT2D eigenvalue weighted by Crippen LogP contribution is 2.21. The number of hydrogen-bond acceptors (Lipinski definition) is 2. The molecule has 25 heavy (non-hydrogen) atoms. The van der Waals surface area contributed by atoms with Crippen LogP contribution in [0.4, 0.5) is 11.4 Å². The number of rotatable bonds is 5. The molecule has 2 N–H and O–H groups in total. The molecule has 2 aromatic rings. The maximum absolute atomic E-state index is 12.2. The van der Waals surface area contributed by atoms with Crippen LogP contribution in [0.15, 0.2) is 54.6 Å². The Labute approximate surface area is 149 Å². The molecule has 2 aromatic carbocycles. The van der Waals surface area contributed by atoms with E-state index in [-0.39, 0.29) is 17.7 Å². The lowest BCUT2D eigenvalue weighted by Crippen LogP contribution is -2.27. The Morgan fingerprint density at radius 1 is 0.880 bits per heavy atom. The van der Waals surface area contributed by atoms with Crippen LogP contribution in [0, 0.1) is 5.41 Å². The zero-order chi connectivity index (χ0) is 18.4. The van der Waals surface area contributed by atoms with E-state index in [0.717, 1.165) is 16.9 Å². The Morgan fingerprint density at radius 2 is 1.40 bits per heavy atom. The summed E-state index contributed by atoms with van der Waals surface area (Å²) in [6.45, 7) is 7.64. The van der Waals surface area contributed by atoms with E-state index < -0.39 is 5.41 Å². The van der Waals surface area contributed by atoms with Gasteiger partial charge in [-0.3, -0.25) is 9.59 Å². The molecule has 2 amide bonds. The number of hydrogen-bond donors (Lipinski definition) is 2. The number of carbonyl (C=O) groups is 2. The van der Waals surface area contributed by atoms with Gasteiger partial charge in [0, 0.05) is 23.2 Å². The zero-order valence-corrected chi connectivity index (χ0v) is 15.3. The summed E-state index contributed by atoms with van der Waals surface area (Å²) in [6.07, 6.45) is 0.423. The fourth-order valence-corrected chi connectivity index (χ4v) is 2.35. The van der Waals surface area contributed by atoms with Crippen LogP contribution in [-0.2, 0) is 9.59 Å². The fourth-order valence-electron chi connectivity index (χ4n) is 2.35. The quantitative estimate of drug-likeness (QED) is 0.822. The first kappa shape index (κ1) is 18.7. The lowest BCUT2D eigenvalue weighted by Gasteiger charge is -2.18. The predicted molar refractivity (Wildman–Crippen MR) is 103 cm³/mol. The molecule has 4 heteroatoms. The second-order valence-corrected chi connectivity index (χ2v) is 7.35. The summed E-state index contributed by atoms with van der Waals surface area (Å²) in [4.78, 5) is 24.2. The Bertz CT molecular complexity index is 716. The summed E-state index contributed by atoms with van der Waals surface area (Å²) in [7, 11) is 0. The highest BCUT2D eigenvalue weighted by atomic mass is 16.2. The minimum absolute atomic E-state index is 0.0252. The van der Waals surface area contributed by atoms with Crippen molar-refractivity contribution in [2.75, 3.05) is 10.6 Å². The number of carbonyl (C=O) groups excluding carboxylic acids is 2. The molecule has 0 unspecified atom stereocenters. The van der Waals surface area contributed by atoms with Crippen LogP contribution in [-0.4, -0.2) is 11.8 Å². The van der Waals surface area contributed by atoms with Crippen molar-refractivity contribution in [1.29, 1.82) is 0 Å². The lowest BCUT2D eigenvalue weighted by atomic mass is 9.95. The first-order valence-electron chi connectivity index (χ1n) is 8.52. The summed E-state index contributed by atoms with van der Waals surface area (Å²) in [6, 6.07) is 17.2. The number of amides is 2. The highest BCUT2D eigenvalue weighted by molar-refractivity contribution is 5.95. The van der Waals surface area contributed by atoms with Crippen molar-refractivity contribution >= 4 is 23.2 Å². The topological polar surface area (TPSA) is 58.2 Å². The Morgan fingerprint density at radius 3 is 1.92 bits per heavy atom. The van der Waals surface area contributed by atoms with Gasteiger partial charge in [0.05, 0.1) is 0 Å². The van der Waals surface area contributed by atoms with Gasteiger partial charge in [-0.2, -0.15) is 0 Å². The van der Waals surface area contributed by atoms with E-state index in [0.29, 0.717) is 6.42 Å². The van der Waals surface area contributed by atoms with Gasteiger partial charge < -0.3 is 10.6 Å². The largest absolute Gasteiger partial charge is 0.326 e. The van der Waals surface area contributed by atoms with Gasteiger partial charge in [-0.15, -0.1) is 0 Å². The molecule has 132 valence electrons. The molecular formula is C21H26N2O2. The molecule has 0 aliphatic carbocycles. The van der Waals surface area contributed by atoms with Crippen LogP contribution in [0.25, 0.3) is 0 Å². The molecule has 0 aliphatic rings. The van der Waals surface area contributed by atoms with Crippen LogP contribution >= 0.6 is 0 Å². The summed E-state index contributed by atoms with van der Waals surface area (Å²) >= 11 is 0. The average Bonchev–Trinajstić information content (AvgIpc) is 2.56. The molecule has 4 nitrogen and oxygen atoms in total. The van der Waals surface area contributed by atoms with E-state index in [1.165, 1.54) is 0 Å². The molecule has 0 aliphatic heterocycles. The zero-order valence-electron chi connectivity index (χ0n) is 15.3. The Balaban J connectivity index is 1.90. The molecule has 2 rings (SSSR count). The second kappa shape index (κ2) is 7.97. The monoisotopic (exact) mass is 338 g/mol. The number of benzene rings is 2. The van der Waals surface area contributed by atoms with E-state index in [4.69, 9.17) is 0 Å². The Hall–Kier alpha value is -2.62. The molecule has 0 fully saturated rings. The van der Waals surface area contributed by atoms with Crippen molar-refractivity contribution in [2.45, 2.75) is 40.0 Å². The van der Waals surface area contributed by atoms with Crippen LogP contribution in [0.3, 0.4) is 0 Å². The molecule has 0 bridgehead atoms. The van der Waals surface area contributed by atoms with E-state index in [1.54, 1.807) is 24.3 Å². The number of anilines is 2. The van der Waals surface area contributed by atoms with Crippen molar-refractivity contribution in [3.8, 4) is 0 Å². The second-order valence-electron chi connectivity index (χ2n) is 7.35. The first-order valence-corrected chi connectivity index (χ1v) is 8.52. The molecule has 0 aromatic heterocycles. The smallest absolute Gasteiger partial charge is 0.229 e. The van der Waals surface area contributed by atoms with Gasteiger partial charge >= 0.3 is 0 Å². The lowest BCUT2D eigenvalue weighted by molar-refractivity contribution is -0.123.